The van der Waals surface area contributed by atoms with Crippen LogP contribution in [-0.4, -0.2) is 37.9 Å². The van der Waals surface area contributed by atoms with Crippen molar-refractivity contribution in [3.05, 3.63) is 11.9 Å². The van der Waals surface area contributed by atoms with Crippen molar-refractivity contribution in [2.75, 3.05) is 16.8 Å². The molecule has 2 heterocycles. The van der Waals surface area contributed by atoms with Gasteiger partial charge in [0.05, 0.1) is 17.6 Å². The fourth-order valence-electron chi connectivity index (χ4n) is 2.57. The number of aliphatic hydroxyl groups is 1. The topological polar surface area (TPSA) is 67.2 Å². The third kappa shape index (κ3) is 3.80. The number of carbonyl (C=O) groups is 1. The Labute approximate surface area is 130 Å². The first kappa shape index (κ1) is 16.4. The number of nitrogens with zero attached hydrogens (tertiary/aromatic N) is 2. The van der Waals surface area contributed by atoms with Gasteiger partial charge in [-0.25, -0.2) is 0 Å². The van der Waals surface area contributed by atoms with E-state index in [2.05, 4.69) is 31.2 Å². The molecule has 6 heteroatoms. The number of thioether (sulfide) groups is 1. The van der Waals surface area contributed by atoms with Crippen LogP contribution in [-0.2, 0) is 17.8 Å². The van der Waals surface area contributed by atoms with Gasteiger partial charge in [-0.2, -0.15) is 16.9 Å². The van der Waals surface area contributed by atoms with Gasteiger partial charge in [0, 0.05) is 6.54 Å². The van der Waals surface area contributed by atoms with Crippen molar-refractivity contribution in [3.63, 3.8) is 0 Å². The summed E-state index contributed by atoms with van der Waals surface area (Å²) in [5.41, 5.74) is 0.525. The molecule has 0 saturated carbocycles. The van der Waals surface area contributed by atoms with E-state index >= 15 is 0 Å². The number of carbonyl (C=O) groups excluding carboxylic acids is 1. The van der Waals surface area contributed by atoms with Gasteiger partial charge < -0.3 is 10.4 Å². The van der Waals surface area contributed by atoms with Gasteiger partial charge in [-0.05, 0) is 36.7 Å². The average molecular weight is 311 g/mol. The summed E-state index contributed by atoms with van der Waals surface area (Å²) in [5.74, 6) is 1.87. The van der Waals surface area contributed by atoms with Crippen molar-refractivity contribution in [1.82, 2.24) is 9.78 Å². The molecule has 1 amide bonds. The minimum absolute atomic E-state index is 0.290. The van der Waals surface area contributed by atoms with Gasteiger partial charge in [-0.15, -0.1) is 0 Å². The number of hydrogen-bond acceptors (Lipinski definition) is 4. The van der Waals surface area contributed by atoms with Gasteiger partial charge in [0.25, 0.3) is 5.91 Å². The first-order valence-corrected chi connectivity index (χ1v) is 8.78. The first-order chi connectivity index (χ1) is 9.96. The van der Waals surface area contributed by atoms with Gasteiger partial charge in [0.2, 0.25) is 0 Å². The molecule has 1 aliphatic rings. The molecule has 0 spiro atoms. The number of anilines is 1. The van der Waals surface area contributed by atoms with Gasteiger partial charge in [-0.3, -0.25) is 9.48 Å². The van der Waals surface area contributed by atoms with Crippen LogP contribution in [0, 0.1) is 5.92 Å². The highest BCUT2D eigenvalue weighted by Crippen LogP contribution is 2.29. The molecular weight excluding hydrogens is 286 g/mol. The maximum absolute atomic E-state index is 12.4. The van der Waals surface area contributed by atoms with Gasteiger partial charge in [0.1, 0.15) is 5.60 Å². The van der Waals surface area contributed by atoms with E-state index in [1.165, 1.54) is 0 Å². The summed E-state index contributed by atoms with van der Waals surface area (Å²) in [4.78, 5) is 12.4. The van der Waals surface area contributed by atoms with Crippen molar-refractivity contribution < 1.29 is 9.90 Å². The van der Waals surface area contributed by atoms with Crippen LogP contribution in [0.15, 0.2) is 6.20 Å². The van der Waals surface area contributed by atoms with E-state index in [-0.39, 0.29) is 5.91 Å². The van der Waals surface area contributed by atoms with Crippen LogP contribution in [0.25, 0.3) is 0 Å². The fraction of sp³-hybridized carbons (Fsp3) is 0.733. The van der Waals surface area contributed by atoms with Crippen molar-refractivity contribution in [1.29, 1.82) is 0 Å². The van der Waals surface area contributed by atoms with E-state index in [1.54, 1.807) is 18.0 Å². The molecule has 0 aliphatic carbocycles. The van der Waals surface area contributed by atoms with E-state index in [9.17, 15) is 9.90 Å². The molecule has 118 valence electrons. The van der Waals surface area contributed by atoms with Crippen molar-refractivity contribution in [2.24, 2.45) is 5.92 Å². The number of hydrogen-bond donors (Lipinski definition) is 2. The van der Waals surface area contributed by atoms with E-state index < -0.39 is 5.60 Å². The molecule has 0 radical (unpaired) electrons. The van der Waals surface area contributed by atoms with Gasteiger partial charge in [0.15, 0.2) is 0 Å². The lowest BCUT2D eigenvalue weighted by Crippen LogP contribution is -2.45. The maximum Gasteiger partial charge on any atom is 0.256 e. The lowest BCUT2D eigenvalue weighted by Gasteiger charge is -2.30. The average Bonchev–Trinajstić information content (AvgIpc) is 2.80. The predicted octanol–water partition coefficient (Wildman–Crippen LogP) is 2.30. The standard InChI is InChI=1S/C15H25N3O2S/c1-4-13-12(9-16-18(13)10-11(2)3)17-14(19)15(20)5-7-21-8-6-15/h9,11,20H,4-8,10H2,1-3H3,(H,17,19). The Bertz CT molecular complexity index is 493. The van der Waals surface area contributed by atoms with E-state index in [1.807, 2.05) is 4.68 Å². The molecule has 0 aromatic carbocycles. The van der Waals surface area contributed by atoms with E-state index in [4.69, 9.17) is 0 Å². The lowest BCUT2D eigenvalue weighted by molar-refractivity contribution is -0.134. The fourth-order valence-corrected chi connectivity index (χ4v) is 3.73. The molecule has 1 aromatic heterocycles. The molecule has 5 nitrogen and oxygen atoms in total. The summed E-state index contributed by atoms with van der Waals surface area (Å²) < 4.78 is 1.95. The summed E-state index contributed by atoms with van der Waals surface area (Å²) in [6.45, 7) is 7.17. The Kier molecular flexibility index (Phi) is 5.32. The molecule has 0 atom stereocenters. The zero-order chi connectivity index (χ0) is 15.5. The first-order valence-electron chi connectivity index (χ1n) is 7.62. The molecule has 0 bridgehead atoms. The number of aromatic nitrogens is 2. The van der Waals surface area contributed by atoms with Crippen LogP contribution in [0.3, 0.4) is 0 Å². The summed E-state index contributed by atoms with van der Waals surface area (Å²) in [7, 11) is 0. The third-order valence-electron chi connectivity index (χ3n) is 3.81. The molecule has 2 N–H and O–H groups in total. The van der Waals surface area contributed by atoms with Crippen molar-refractivity contribution in [2.45, 2.75) is 52.2 Å². The Balaban J connectivity index is 2.11. The monoisotopic (exact) mass is 311 g/mol. The Morgan fingerprint density at radius 2 is 2.19 bits per heavy atom. The Hall–Kier alpha value is -1.01. The highest BCUT2D eigenvalue weighted by atomic mass is 32.2. The Morgan fingerprint density at radius 1 is 1.52 bits per heavy atom. The highest BCUT2D eigenvalue weighted by Gasteiger charge is 2.37. The lowest BCUT2D eigenvalue weighted by atomic mass is 9.95. The zero-order valence-corrected chi connectivity index (χ0v) is 13.9. The maximum atomic E-state index is 12.4. The molecule has 0 unspecified atom stereocenters. The van der Waals surface area contributed by atoms with Crippen LogP contribution in [0.4, 0.5) is 5.69 Å². The molecule has 2 rings (SSSR count). The number of nitrogens with one attached hydrogen (secondary N) is 1. The predicted molar refractivity (Wildman–Crippen MR) is 86.6 cm³/mol. The second kappa shape index (κ2) is 6.83. The minimum atomic E-state index is -1.23. The quantitative estimate of drug-likeness (QED) is 0.875. The summed E-state index contributed by atoms with van der Waals surface area (Å²) in [6, 6.07) is 0. The second-order valence-electron chi connectivity index (χ2n) is 6.03. The highest BCUT2D eigenvalue weighted by molar-refractivity contribution is 7.99. The van der Waals surface area contributed by atoms with E-state index in [0.717, 1.165) is 35.9 Å². The smallest absolute Gasteiger partial charge is 0.256 e. The number of amides is 1. The molecule has 1 aromatic rings. The van der Waals surface area contributed by atoms with Crippen molar-refractivity contribution in [3.8, 4) is 0 Å². The second-order valence-corrected chi connectivity index (χ2v) is 7.26. The summed E-state index contributed by atoms with van der Waals surface area (Å²) in [6.07, 6.45) is 3.53. The third-order valence-corrected chi connectivity index (χ3v) is 4.80. The largest absolute Gasteiger partial charge is 0.380 e. The van der Waals surface area contributed by atoms with Crippen molar-refractivity contribution >= 4 is 23.4 Å². The van der Waals surface area contributed by atoms with Crippen LogP contribution in [0.1, 0.15) is 39.3 Å². The van der Waals surface area contributed by atoms with Gasteiger partial charge in [-0.1, -0.05) is 20.8 Å². The van der Waals surface area contributed by atoms with Crippen LogP contribution in [0.2, 0.25) is 0 Å². The molecule has 1 fully saturated rings. The SMILES string of the molecule is CCc1c(NC(=O)C2(O)CCSCC2)cnn1CC(C)C. The summed E-state index contributed by atoms with van der Waals surface area (Å²) in [5, 5.41) is 17.7. The number of rotatable bonds is 5. The van der Waals surface area contributed by atoms with Crippen LogP contribution >= 0.6 is 11.8 Å². The van der Waals surface area contributed by atoms with Gasteiger partial charge >= 0.3 is 0 Å². The molecule has 1 aliphatic heterocycles. The molecule has 21 heavy (non-hydrogen) atoms. The minimum Gasteiger partial charge on any atom is -0.380 e. The Morgan fingerprint density at radius 3 is 2.76 bits per heavy atom. The zero-order valence-electron chi connectivity index (χ0n) is 13.1. The molecule has 1 saturated heterocycles. The normalized spacial score (nSPS) is 18.0. The van der Waals surface area contributed by atoms with Crippen LogP contribution < -0.4 is 5.32 Å². The van der Waals surface area contributed by atoms with E-state index in [0.29, 0.717) is 18.8 Å². The summed E-state index contributed by atoms with van der Waals surface area (Å²) >= 11 is 1.78. The van der Waals surface area contributed by atoms with Crippen LogP contribution in [0.5, 0.6) is 0 Å². The molecular formula is C15H25N3O2S.